The molecule has 2 rings (SSSR count). The van der Waals surface area contributed by atoms with Gasteiger partial charge in [0.1, 0.15) is 0 Å². The Morgan fingerprint density at radius 2 is 2.42 bits per heavy atom. The van der Waals surface area contributed by atoms with Crippen molar-refractivity contribution >= 4 is 9.84 Å². The Morgan fingerprint density at radius 1 is 1.68 bits per heavy atom. The second-order valence-corrected chi connectivity index (χ2v) is 6.95. The van der Waals surface area contributed by atoms with Gasteiger partial charge in [-0.05, 0) is 19.3 Å². The van der Waals surface area contributed by atoms with E-state index in [4.69, 9.17) is 10.6 Å². The summed E-state index contributed by atoms with van der Waals surface area (Å²) in [6.07, 6.45) is 2.24. The first kappa shape index (κ1) is 14.3. The minimum absolute atomic E-state index is 0.0501. The predicted molar refractivity (Wildman–Crippen MR) is 71.3 cm³/mol. The number of hydrogen-bond donors (Lipinski definition) is 2. The van der Waals surface area contributed by atoms with Gasteiger partial charge in [0.2, 0.25) is 0 Å². The molecule has 2 unspecified atom stereocenters. The third-order valence-corrected chi connectivity index (χ3v) is 5.37. The van der Waals surface area contributed by atoms with Crippen LogP contribution in [0.5, 0.6) is 5.75 Å². The monoisotopic (exact) mass is 288 g/mol. The van der Waals surface area contributed by atoms with Crippen LogP contribution in [0.25, 0.3) is 0 Å². The van der Waals surface area contributed by atoms with Crippen LogP contribution in [0.4, 0.5) is 0 Å². The Bertz CT molecular complexity index is 519. The average Bonchev–Trinajstić information content (AvgIpc) is 2.94. The molecular formula is C11H20N4O3S. The Labute approximate surface area is 113 Å². The van der Waals surface area contributed by atoms with Crippen molar-refractivity contribution < 1.29 is 13.2 Å². The van der Waals surface area contributed by atoms with Crippen molar-refractivity contribution in [3.05, 3.63) is 11.9 Å². The SMILES string of the molecule is CCn1ncc(OC)c1C(NN)C1CCS(=O)(=O)C1. The number of nitrogens with two attached hydrogens (primary N) is 1. The molecule has 3 N–H and O–H groups in total. The highest BCUT2D eigenvalue weighted by atomic mass is 32.2. The van der Waals surface area contributed by atoms with Gasteiger partial charge in [-0.2, -0.15) is 5.10 Å². The van der Waals surface area contributed by atoms with E-state index in [1.165, 1.54) is 0 Å². The maximum absolute atomic E-state index is 11.6. The molecule has 1 fully saturated rings. The highest BCUT2D eigenvalue weighted by molar-refractivity contribution is 7.91. The van der Waals surface area contributed by atoms with Crippen LogP contribution in [-0.4, -0.2) is 36.8 Å². The van der Waals surface area contributed by atoms with Crippen LogP contribution in [0.2, 0.25) is 0 Å². The van der Waals surface area contributed by atoms with Gasteiger partial charge in [-0.3, -0.25) is 16.0 Å². The van der Waals surface area contributed by atoms with Gasteiger partial charge in [0, 0.05) is 6.54 Å². The van der Waals surface area contributed by atoms with Crippen LogP contribution in [0, 0.1) is 5.92 Å². The molecular weight excluding hydrogens is 268 g/mol. The average molecular weight is 288 g/mol. The number of nitrogens with zero attached hydrogens (tertiary/aromatic N) is 2. The molecule has 1 aromatic heterocycles. The summed E-state index contributed by atoms with van der Waals surface area (Å²) in [6, 6.07) is -0.269. The number of aromatic nitrogens is 2. The molecule has 1 saturated heterocycles. The summed E-state index contributed by atoms with van der Waals surface area (Å²) in [7, 11) is -1.38. The van der Waals surface area contributed by atoms with Gasteiger partial charge in [-0.25, -0.2) is 8.42 Å². The van der Waals surface area contributed by atoms with Crippen LogP contribution in [0.15, 0.2) is 6.20 Å². The molecule has 1 aliphatic rings. The minimum Gasteiger partial charge on any atom is -0.493 e. The Morgan fingerprint density at radius 3 is 2.89 bits per heavy atom. The molecule has 0 radical (unpaired) electrons. The Hall–Kier alpha value is -1.12. The molecule has 108 valence electrons. The lowest BCUT2D eigenvalue weighted by atomic mass is 9.96. The molecule has 0 spiro atoms. The second-order valence-electron chi connectivity index (χ2n) is 4.72. The van der Waals surface area contributed by atoms with Crippen LogP contribution >= 0.6 is 0 Å². The Balaban J connectivity index is 2.34. The van der Waals surface area contributed by atoms with E-state index in [0.717, 1.165) is 5.69 Å². The zero-order valence-corrected chi connectivity index (χ0v) is 12.0. The van der Waals surface area contributed by atoms with Crippen molar-refractivity contribution in [2.75, 3.05) is 18.6 Å². The van der Waals surface area contributed by atoms with Gasteiger partial charge in [-0.1, -0.05) is 0 Å². The molecule has 0 saturated carbocycles. The third kappa shape index (κ3) is 2.75. The predicted octanol–water partition coefficient (Wildman–Crippen LogP) is -0.149. The van der Waals surface area contributed by atoms with Crippen molar-refractivity contribution in [3.8, 4) is 5.75 Å². The topological polar surface area (TPSA) is 99.2 Å². The maximum atomic E-state index is 11.6. The molecule has 8 heteroatoms. The summed E-state index contributed by atoms with van der Waals surface area (Å²) < 4.78 is 30.3. The van der Waals surface area contributed by atoms with E-state index >= 15 is 0 Å². The smallest absolute Gasteiger partial charge is 0.161 e. The molecule has 1 aromatic rings. The fourth-order valence-corrected chi connectivity index (χ4v) is 4.47. The lowest BCUT2D eigenvalue weighted by molar-refractivity contribution is 0.346. The van der Waals surface area contributed by atoms with Crippen molar-refractivity contribution in [1.82, 2.24) is 15.2 Å². The third-order valence-electron chi connectivity index (χ3n) is 3.58. The van der Waals surface area contributed by atoms with Gasteiger partial charge in [-0.15, -0.1) is 0 Å². The highest BCUT2D eigenvalue weighted by Gasteiger charge is 2.36. The molecule has 0 amide bonds. The van der Waals surface area contributed by atoms with Gasteiger partial charge >= 0.3 is 0 Å². The van der Waals surface area contributed by atoms with Crippen LogP contribution in [0.3, 0.4) is 0 Å². The lowest BCUT2D eigenvalue weighted by Gasteiger charge is -2.23. The first-order chi connectivity index (χ1) is 9.02. The van der Waals surface area contributed by atoms with Gasteiger partial charge in [0.05, 0.1) is 36.5 Å². The van der Waals surface area contributed by atoms with Crippen molar-refractivity contribution in [3.63, 3.8) is 0 Å². The van der Waals surface area contributed by atoms with E-state index in [-0.39, 0.29) is 23.5 Å². The fraction of sp³-hybridized carbons (Fsp3) is 0.727. The van der Waals surface area contributed by atoms with Crippen LogP contribution in [0.1, 0.15) is 25.1 Å². The normalized spacial score (nSPS) is 23.4. The van der Waals surface area contributed by atoms with Crippen molar-refractivity contribution in [1.29, 1.82) is 0 Å². The van der Waals surface area contributed by atoms with Crippen LogP contribution in [-0.2, 0) is 16.4 Å². The molecule has 1 aliphatic heterocycles. The first-order valence-corrected chi connectivity index (χ1v) is 8.10. The van der Waals surface area contributed by atoms with Gasteiger partial charge < -0.3 is 4.74 Å². The van der Waals surface area contributed by atoms with E-state index in [0.29, 0.717) is 18.7 Å². The number of methoxy groups -OCH3 is 1. The zero-order chi connectivity index (χ0) is 14.0. The van der Waals surface area contributed by atoms with E-state index < -0.39 is 9.84 Å². The summed E-state index contributed by atoms with van der Waals surface area (Å²) >= 11 is 0. The largest absolute Gasteiger partial charge is 0.493 e. The molecule has 7 nitrogen and oxygen atoms in total. The number of sulfone groups is 1. The second kappa shape index (κ2) is 5.48. The van der Waals surface area contributed by atoms with Gasteiger partial charge in [0.15, 0.2) is 15.6 Å². The van der Waals surface area contributed by atoms with Crippen LogP contribution < -0.4 is 16.0 Å². The lowest BCUT2D eigenvalue weighted by Crippen LogP contribution is -2.36. The van der Waals surface area contributed by atoms with Crippen molar-refractivity contribution in [2.45, 2.75) is 25.9 Å². The molecule has 0 aliphatic carbocycles. The molecule has 2 heterocycles. The molecule has 19 heavy (non-hydrogen) atoms. The minimum atomic E-state index is -2.95. The summed E-state index contributed by atoms with van der Waals surface area (Å²) in [4.78, 5) is 0. The summed E-state index contributed by atoms with van der Waals surface area (Å²) in [5.41, 5.74) is 3.54. The fourth-order valence-electron chi connectivity index (χ4n) is 2.63. The summed E-state index contributed by atoms with van der Waals surface area (Å²) in [5, 5.41) is 4.23. The zero-order valence-electron chi connectivity index (χ0n) is 11.2. The standard InChI is InChI=1S/C11H20N4O3S/c1-3-15-11(9(18-2)6-13-15)10(14-12)8-4-5-19(16,17)7-8/h6,8,10,14H,3-5,7,12H2,1-2H3. The number of nitrogens with one attached hydrogen (secondary N) is 1. The number of aryl methyl sites for hydroxylation is 1. The molecule has 0 bridgehead atoms. The number of ether oxygens (including phenoxy) is 1. The van der Waals surface area contributed by atoms with Gasteiger partial charge in [0.25, 0.3) is 0 Å². The molecule has 2 atom stereocenters. The molecule has 0 aromatic carbocycles. The highest BCUT2D eigenvalue weighted by Crippen LogP contribution is 2.35. The van der Waals surface area contributed by atoms with Crippen molar-refractivity contribution in [2.24, 2.45) is 11.8 Å². The number of rotatable bonds is 5. The summed E-state index contributed by atoms with van der Waals surface area (Å²) in [6.45, 7) is 2.64. The number of hydrazine groups is 1. The van der Waals surface area contributed by atoms with E-state index in [1.807, 2.05) is 6.92 Å². The number of hydrogen-bond acceptors (Lipinski definition) is 6. The van der Waals surface area contributed by atoms with E-state index in [1.54, 1.807) is 18.0 Å². The quantitative estimate of drug-likeness (QED) is 0.577. The summed E-state index contributed by atoms with van der Waals surface area (Å²) in [5.74, 6) is 6.59. The maximum Gasteiger partial charge on any atom is 0.161 e. The Kier molecular flexibility index (Phi) is 4.12. The van der Waals surface area contributed by atoms with E-state index in [9.17, 15) is 8.42 Å². The first-order valence-electron chi connectivity index (χ1n) is 6.28. The van der Waals surface area contributed by atoms with E-state index in [2.05, 4.69) is 10.5 Å².